The van der Waals surface area contributed by atoms with Gasteiger partial charge in [0.1, 0.15) is 0 Å². The number of ether oxygens (including phenoxy) is 1. The summed E-state index contributed by atoms with van der Waals surface area (Å²) < 4.78 is 11.6. The Morgan fingerprint density at radius 2 is 2.09 bits per heavy atom. The van der Waals surface area contributed by atoms with Crippen molar-refractivity contribution >= 4 is 0 Å². The van der Waals surface area contributed by atoms with Gasteiger partial charge in [0, 0.05) is 24.4 Å². The molecule has 0 unspecified atom stereocenters. The average molecular weight is 307 g/mol. The Morgan fingerprint density at radius 1 is 1.32 bits per heavy atom. The lowest BCUT2D eigenvalue weighted by Gasteiger charge is -2.56. The lowest BCUT2D eigenvalue weighted by Crippen LogP contribution is -2.62. The number of aromatic nitrogens is 2. The van der Waals surface area contributed by atoms with Crippen LogP contribution in [0.25, 0.3) is 0 Å². The van der Waals surface area contributed by atoms with E-state index in [-0.39, 0.29) is 17.6 Å². The number of aliphatic hydroxyl groups excluding tert-OH is 1. The van der Waals surface area contributed by atoms with E-state index in [1.165, 1.54) is 12.8 Å². The molecule has 0 aromatic carbocycles. The first kappa shape index (κ1) is 14.6. The Kier molecular flexibility index (Phi) is 3.71. The second-order valence-electron chi connectivity index (χ2n) is 7.01. The van der Waals surface area contributed by atoms with Gasteiger partial charge in [0.05, 0.1) is 18.8 Å². The van der Waals surface area contributed by atoms with Gasteiger partial charge in [-0.1, -0.05) is 0 Å². The fourth-order valence-electron chi connectivity index (χ4n) is 3.96. The maximum Gasteiger partial charge on any atom is 0.230 e. The summed E-state index contributed by atoms with van der Waals surface area (Å²) >= 11 is 0. The van der Waals surface area contributed by atoms with Crippen LogP contribution in [0.4, 0.5) is 0 Å². The number of aliphatic hydroxyl groups is 1. The molecule has 1 aromatic rings. The normalized spacial score (nSPS) is 31.4. The fraction of sp³-hybridized carbons (Fsp3) is 0.875. The fourth-order valence-corrected chi connectivity index (χ4v) is 3.96. The first-order valence-electron chi connectivity index (χ1n) is 8.55. The molecule has 3 aliphatic rings. The first-order valence-corrected chi connectivity index (χ1v) is 8.55. The minimum atomic E-state index is -0.198. The van der Waals surface area contributed by atoms with Gasteiger partial charge in [0.25, 0.3) is 0 Å². The smallest absolute Gasteiger partial charge is 0.230 e. The van der Waals surface area contributed by atoms with Gasteiger partial charge in [-0.15, -0.1) is 10.2 Å². The van der Waals surface area contributed by atoms with Crippen molar-refractivity contribution in [1.29, 1.82) is 0 Å². The van der Waals surface area contributed by atoms with Gasteiger partial charge in [-0.2, -0.15) is 0 Å². The molecule has 6 heteroatoms. The van der Waals surface area contributed by atoms with E-state index < -0.39 is 0 Å². The van der Waals surface area contributed by atoms with E-state index >= 15 is 0 Å². The summed E-state index contributed by atoms with van der Waals surface area (Å²) in [5.74, 6) is 2.06. The SMILES string of the molecule is CCO[C@@H]1C[C@H](O)C12CCN(Cc1nnc(C3CC3)o1)CC2. The predicted molar refractivity (Wildman–Crippen MR) is 79.3 cm³/mol. The van der Waals surface area contributed by atoms with Crippen LogP contribution in [0.5, 0.6) is 0 Å². The van der Waals surface area contributed by atoms with Gasteiger partial charge in [0.15, 0.2) is 0 Å². The summed E-state index contributed by atoms with van der Waals surface area (Å²) in [7, 11) is 0. The summed E-state index contributed by atoms with van der Waals surface area (Å²) in [5, 5.41) is 18.5. The van der Waals surface area contributed by atoms with Crippen molar-refractivity contribution in [2.75, 3.05) is 19.7 Å². The lowest BCUT2D eigenvalue weighted by atomic mass is 9.58. The molecule has 1 aliphatic heterocycles. The number of likely N-dealkylation sites (tertiary alicyclic amines) is 1. The minimum absolute atomic E-state index is 0.0134. The molecule has 4 rings (SSSR count). The number of rotatable bonds is 5. The molecule has 122 valence electrons. The second kappa shape index (κ2) is 5.58. The molecule has 2 heterocycles. The summed E-state index contributed by atoms with van der Waals surface area (Å²) in [4.78, 5) is 2.35. The van der Waals surface area contributed by atoms with Crippen LogP contribution in [0.2, 0.25) is 0 Å². The van der Waals surface area contributed by atoms with Crippen molar-refractivity contribution < 1.29 is 14.3 Å². The third-order valence-corrected chi connectivity index (χ3v) is 5.66. The largest absolute Gasteiger partial charge is 0.424 e. The highest BCUT2D eigenvalue weighted by atomic mass is 16.5. The Morgan fingerprint density at radius 3 is 2.73 bits per heavy atom. The molecule has 1 spiro atoms. The second-order valence-corrected chi connectivity index (χ2v) is 7.01. The molecule has 3 fully saturated rings. The molecule has 0 radical (unpaired) electrons. The summed E-state index contributed by atoms with van der Waals surface area (Å²) in [5.41, 5.74) is -0.0134. The van der Waals surface area contributed by atoms with Crippen LogP contribution in [0.15, 0.2) is 4.42 Å². The summed E-state index contributed by atoms with van der Waals surface area (Å²) in [6.45, 7) is 5.41. The lowest BCUT2D eigenvalue weighted by molar-refractivity contribution is -0.210. The van der Waals surface area contributed by atoms with E-state index in [0.29, 0.717) is 5.92 Å². The Hall–Kier alpha value is -0.980. The first-order chi connectivity index (χ1) is 10.7. The highest BCUT2D eigenvalue weighted by molar-refractivity contribution is 5.07. The van der Waals surface area contributed by atoms with Crippen LogP contribution in [0.3, 0.4) is 0 Å². The molecule has 1 saturated heterocycles. The van der Waals surface area contributed by atoms with E-state index in [9.17, 15) is 5.11 Å². The minimum Gasteiger partial charge on any atom is -0.424 e. The van der Waals surface area contributed by atoms with Crippen molar-refractivity contribution in [2.24, 2.45) is 5.41 Å². The zero-order valence-corrected chi connectivity index (χ0v) is 13.2. The van der Waals surface area contributed by atoms with Crippen LogP contribution >= 0.6 is 0 Å². The molecule has 2 saturated carbocycles. The third kappa shape index (κ3) is 2.47. The molecule has 0 amide bonds. The predicted octanol–water partition coefficient (Wildman–Crippen LogP) is 1.70. The van der Waals surface area contributed by atoms with Crippen LogP contribution in [-0.2, 0) is 11.3 Å². The van der Waals surface area contributed by atoms with Gasteiger partial charge in [-0.3, -0.25) is 4.90 Å². The van der Waals surface area contributed by atoms with Gasteiger partial charge < -0.3 is 14.3 Å². The highest BCUT2D eigenvalue weighted by Crippen LogP contribution is 2.51. The standard InChI is InChI=1S/C16H25N3O3/c1-2-21-13-9-12(20)16(13)5-7-19(8-6-16)10-14-17-18-15(22-14)11-3-4-11/h11-13,20H,2-10H2,1H3/t12-,13+/m0/s1. The number of hydrogen-bond acceptors (Lipinski definition) is 6. The third-order valence-electron chi connectivity index (χ3n) is 5.66. The molecule has 1 N–H and O–H groups in total. The van der Waals surface area contributed by atoms with Crippen molar-refractivity contribution in [3.63, 3.8) is 0 Å². The zero-order valence-electron chi connectivity index (χ0n) is 13.2. The Bertz CT molecular complexity index is 518. The monoisotopic (exact) mass is 307 g/mol. The van der Waals surface area contributed by atoms with E-state index in [1.807, 2.05) is 6.92 Å². The zero-order chi connectivity index (χ0) is 15.2. The summed E-state index contributed by atoms with van der Waals surface area (Å²) in [6, 6.07) is 0. The molecule has 6 nitrogen and oxygen atoms in total. The van der Waals surface area contributed by atoms with Crippen LogP contribution in [0, 0.1) is 5.41 Å². The van der Waals surface area contributed by atoms with Gasteiger partial charge in [0.2, 0.25) is 11.8 Å². The molecule has 2 aliphatic carbocycles. The maximum absolute atomic E-state index is 10.2. The van der Waals surface area contributed by atoms with Gasteiger partial charge in [-0.25, -0.2) is 0 Å². The van der Waals surface area contributed by atoms with Crippen molar-refractivity contribution in [3.8, 4) is 0 Å². The average Bonchev–Trinajstić information content (AvgIpc) is 3.28. The van der Waals surface area contributed by atoms with E-state index in [2.05, 4.69) is 15.1 Å². The molecule has 1 aromatic heterocycles. The quantitative estimate of drug-likeness (QED) is 0.892. The number of hydrogen-bond donors (Lipinski definition) is 1. The van der Waals surface area contributed by atoms with Crippen molar-refractivity contribution in [3.05, 3.63) is 11.8 Å². The van der Waals surface area contributed by atoms with E-state index in [1.54, 1.807) is 0 Å². The molecule has 2 atom stereocenters. The van der Waals surface area contributed by atoms with Crippen molar-refractivity contribution in [2.45, 2.75) is 63.7 Å². The van der Waals surface area contributed by atoms with Crippen LogP contribution < -0.4 is 0 Å². The van der Waals surface area contributed by atoms with E-state index in [4.69, 9.17) is 9.15 Å². The number of nitrogens with zero attached hydrogens (tertiary/aromatic N) is 3. The van der Waals surface area contributed by atoms with Gasteiger partial charge >= 0.3 is 0 Å². The summed E-state index contributed by atoms with van der Waals surface area (Å²) in [6.07, 6.45) is 5.18. The van der Waals surface area contributed by atoms with Crippen LogP contribution in [-0.4, -0.2) is 52.1 Å². The molecular formula is C16H25N3O3. The molecule has 0 bridgehead atoms. The Labute approximate surface area is 130 Å². The van der Waals surface area contributed by atoms with Crippen LogP contribution in [0.1, 0.15) is 56.7 Å². The van der Waals surface area contributed by atoms with Gasteiger partial charge in [-0.05, 0) is 45.7 Å². The molecular weight excluding hydrogens is 282 g/mol. The highest BCUT2D eigenvalue weighted by Gasteiger charge is 2.55. The number of piperidine rings is 1. The Balaban J connectivity index is 1.33. The molecule has 22 heavy (non-hydrogen) atoms. The topological polar surface area (TPSA) is 71.6 Å². The van der Waals surface area contributed by atoms with E-state index in [0.717, 1.165) is 57.3 Å². The van der Waals surface area contributed by atoms with Crippen molar-refractivity contribution in [1.82, 2.24) is 15.1 Å². The maximum atomic E-state index is 10.2.